The maximum Gasteiger partial charge on any atom is 0.0235 e. The molecule has 2 heterocycles. The van der Waals surface area contributed by atoms with Crippen LogP contribution in [-0.4, -0.2) is 25.7 Å². The van der Waals surface area contributed by atoms with Crippen molar-refractivity contribution in [3.63, 3.8) is 0 Å². The first kappa shape index (κ1) is 8.52. The molecule has 0 aromatic rings. The standard InChI is InChI=1S/C10H20N2/c1-7(2)8-3-4-12-10-6-11-5-9(8)10/h7-12H,3-6H2,1-2H3. The Bertz CT molecular complexity index is 156. The minimum Gasteiger partial charge on any atom is -0.315 e. The molecule has 0 aromatic heterocycles. The smallest absolute Gasteiger partial charge is 0.0235 e. The molecule has 3 unspecified atom stereocenters. The molecule has 2 N–H and O–H groups in total. The van der Waals surface area contributed by atoms with Gasteiger partial charge in [-0.05, 0) is 37.3 Å². The van der Waals surface area contributed by atoms with Crippen molar-refractivity contribution in [1.29, 1.82) is 0 Å². The fourth-order valence-electron chi connectivity index (χ4n) is 2.85. The van der Waals surface area contributed by atoms with E-state index in [-0.39, 0.29) is 0 Å². The summed E-state index contributed by atoms with van der Waals surface area (Å²) in [4.78, 5) is 0. The van der Waals surface area contributed by atoms with Gasteiger partial charge in [0.15, 0.2) is 0 Å². The summed E-state index contributed by atoms with van der Waals surface area (Å²) in [7, 11) is 0. The second-order valence-corrected chi connectivity index (χ2v) is 4.58. The summed E-state index contributed by atoms with van der Waals surface area (Å²) < 4.78 is 0. The third-order valence-corrected chi connectivity index (χ3v) is 3.55. The van der Waals surface area contributed by atoms with Crippen LogP contribution < -0.4 is 10.6 Å². The topological polar surface area (TPSA) is 24.1 Å². The molecule has 0 radical (unpaired) electrons. The van der Waals surface area contributed by atoms with Gasteiger partial charge in [-0.15, -0.1) is 0 Å². The maximum atomic E-state index is 3.60. The van der Waals surface area contributed by atoms with Gasteiger partial charge in [-0.1, -0.05) is 13.8 Å². The van der Waals surface area contributed by atoms with Crippen LogP contribution in [0.4, 0.5) is 0 Å². The van der Waals surface area contributed by atoms with E-state index in [9.17, 15) is 0 Å². The van der Waals surface area contributed by atoms with Crippen LogP contribution in [0.5, 0.6) is 0 Å². The molecule has 2 heteroatoms. The maximum absolute atomic E-state index is 3.60. The van der Waals surface area contributed by atoms with E-state index < -0.39 is 0 Å². The van der Waals surface area contributed by atoms with Crippen molar-refractivity contribution in [2.24, 2.45) is 17.8 Å². The fraction of sp³-hybridized carbons (Fsp3) is 1.00. The minimum absolute atomic E-state index is 0.770. The third-order valence-electron chi connectivity index (χ3n) is 3.55. The summed E-state index contributed by atoms with van der Waals surface area (Å²) in [5.74, 6) is 2.71. The van der Waals surface area contributed by atoms with Gasteiger partial charge in [-0.2, -0.15) is 0 Å². The number of hydrogen-bond donors (Lipinski definition) is 2. The molecule has 2 fully saturated rings. The Hall–Kier alpha value is -0.0800. The highest BCUT2D eigenvalue weighted by atomic mass is 15.1. The number of rotatable bonds is 1. The molecule has 0 bridgehead atoms. The average molecular weight is 168 g/mol. The lowest BCUT2D eigenvalue weighted by Crippen LogP contribution is -2.46. The van der Waals surface area contributed by atoms with Crippen molar-refractivity contribution >= 4 is 0 Å². The summed E-state index contributed by atoms with van der Waals surface area (Å²) in [5, 5.41) is 7.09. The highest BCUT2D eigenvalue weighted by Gasteiger charge is 2.37. The van der Waals surface area contributed by atoms with Crippen LogP contribution in [0.3, 0.4) is 0 Å². The zero-order valence-electron chi connectivity index (χ0n) is 8.14. The van der Waals surface area contributed by atoms with Crippen molar-refractivity contribution in [3.05, 3.63) is 0 Å². The van der Waals surface area contributed by atoms with Gasteiger partial charge < -0.3 is 10.6 Å². The lowest BCUT2D eigenvalue weighted by atomic mass is 9.76. The highest BCUT2D eigenvalue weighted by Crippen LogP contribution is 2.31. The average Bonchev–Trinajstić information content (AvgIpc) is 2.49. The van der Waals surface area contributed by atoms with E-state index in [1.54, 1.807) is 0 Å². The van der Waals surface area contributed by atoms with Crippen LogP contribution in [0.2, 0.25) is 0 Å². The second kappa shape index (κ2) is 3.35. The first-order valence-electron chi connectivity index (χ1n) is 5.23. The van der Waals surface area contributed by atoms with E-state index in [4.69, 9.17) is 0 Å². The van der Waals surface area contributed by atoms with Gasteiger partial charge in [0.1, 0.15) is 0 Å². The van der Waals surface area contributed by atoms with Crippen molar-refractivity contribution < 1.29 is 0 Å². The van der Waals surface area contributed by atoms with Gasteiger partial charge in [-0.3, -0.25) is 0 Å². The molecular weight excluding hydrogens is 148 g/mol. The van der Waals surface area contributed by atoms with E-state index in [2.05, 4.69) is 24.5 Å². The Labute approximate surface area is 75.1 Å². The lowest BCUT2D eigenvalue weighted by Gasteiger charge is -2.36. The van der Waals surface area contributed by atoms with Crippen LogP contribution >= 0.6 is 0 Å². The van der Waals surface area contributed by atoms with Crippen molar-refractivity contribution in [1.82, 2.24) is 10.6 Å². The minimum atomic E-state index is 0.770. The van der Waals surface area contributed by atoms with Gasteiger partial charge in [0.25, 0.3) is 0 Å². The van der Waals surface area contributed by atoms with Crippen LogP contribution in [0.25, 0.3) is 0 Å². The lowest BCUT2D eigenvalue weighted by molar-refractivity contribution is 0.179. The molecule has 2 aliphatic heterocycles. The Morgan fingerprint density at radius 3 is 2.83 bits per heavy atom. The van der Waals surface area contributed by atoms with Gasteiger partial charge in [0.05, 0.1) is 0 Å². The van der Waals surface area contributed by atoms with E-state index in [1.807, 2.05) is 0 Å². The zero-order valence-corrected chi connectivity index (χ0v) is 8.14. The van der Waals surface area contributed by atoms with Gasteiger partial charge in [0, 0.05) is 12.6 Å². The molecule has 2 rings (SSSR count). The SMILES string of the molecule is CC(C)C1CCNC2CNCC21. The predicted molar refractivity (Wildman–Crippen MR) is 51.1 cm³/mol. The van der Waals surface area contributed by atoms with Gasteiger partial charge in [-0.25, -0.2) is 0 Å². The monoisotopic (exact) mass is 168 g/mol. The summed E-state index contributed by atoms with van der Waals surface area (Å²) in [6.45, 7) is 8.39. The summed E-state index contributed by atoms with van der Waals surface area (Å²) in [6.07, 6.45) is 1.38. The largest absolute Gasteiger partial charge is 0.315 e. The Kier molecular flexibility index (Phi) is 2.37. The molecule has 0 spiro atoms. The fourth-order valence-corrected chi connectivity index (χ4v) is 2.85. The molecule has 0 saturated carbocycles. The van der Waals surface area contributed by atoms with E-state index in [0.29, 0.717) is 0 Å². The predicted octanol–water partition coefficient (Wildman–Crippen LogP) is 0.840. The molecule has 2 aliphatic rings. The Morgan fingerprint density at radius 2 is 2.08 bits per heavy atom. The Balaban J connectivity index is 2.03. The Morgan fingerprint density at radius 1 is 1.25 bits per heavy atom. The van der Waals surface area contributed by atoms with E-state index in [0.717, 1.165) is 23.8 Å². The molecule has 12 heavy (non-hydrogen) atoms. The number of nitrogens with one attached hydrogen (secondary N) is 2. The highest BCUT2D eigenvalue weighted by molar-refractivity contribution is 4.94. The summed E-state index contributed by atoms with van der Waals surface area (Å²) in [5.41, 5.74) is 0. The summed E-state index contributed by atoms with van der Waals surface area (Å²) in [6, 6.07) is 0.770. The summed E-state index contributed by atoms with van der Waals surface area (Å²) >= 11 is 0. The molecule has 3 atom stereocenters. The quantitative estimate of drug-likeness (QED) is 0.606. The van der Waals surface area contributed by atoms with E-state index in [1.165, 1.54) is 26.1 Å². The first-order chi connectivity index (χ1) is 5.79. The number of fused-ring (bicyclic) bond motifs is 1. The molecule has 70 valence electrons. The number of hydrogen-bond acceptors (Lipinski definition) is 2. The van der Waals surface area contributed by atoms with Crippen LogP contribution in [0.15, 0.2) is 0 Å². The van der Waals surface area contributed by atoms with Crippen LogP contribution in [0.1, 0.15) is 20.3 Å². The van der Waals surface area contributed by atoms with Crippen molar-refractivity contribution in [3.8, 4) is 0 Å². The van der Waals surface area contributed by atoms with Gasteiger partial charge in [0.2, 0.25) is 0 Å². The molecule has 0 amide bonds. The molecule has 0 aliphatic carbocycles. The second-order valence-electron chi connectivity index (χ2n) is 4.58. The molecule has 2 nitrogen and oxygen atoms in total. The van der Waals surface area contributed by atoms with Crippen LogP contribution in [0, 0.1) is 17.8 Å². The van der Waals surface area contributed by atoms with Crippen molar-refractivity contribution in [2.75, 3.05) is 19.6 Å². The molecule has 0 aromatic carbocycles. The first-order valence-corrected chi connectivity index (χ1v) is 5.23. The molecule has 2 saturated heterocycles. The molecular formula is C10H20N2. The van der Waals surface area contributed by atoms with Crippen molar-refractivity contribution in [2.45, 2.75) is 26.3 Å². The normalized spacial score (nSPS) is 41.8. The number of piperidine rings is 1. The zero-order chi connectivity index (χ0) is 8.55. The van der Waals surface area contributed by atoms with E-state index >= 15 is 0 Å². The van der Waals surface area contributed by atoms with Gasteiger partial charge >= 0.3 is 0 Å². The third kappa shape index (κ3) is 1.38. The van der Waals surface area contributed by atoms with Crippen LogP contribution in [-0.2, 0) is 0 Å².